The van der Waals surface area contributed by atoms with Crippen molar-refractivity contribution in [2.75, 3.05) is 7.05 Å². The molecule has 2 rings (SSSR count). The van der Waals surface area contributed by atoms with E-state index in [2.05, 4.69) is 47.6 Å². The normalized spacial score (nSPS) is 22.0. The van der Waals surface area contributed by atoms with Gasteiger partial charge in [-0.25, -0.2) is 4.79 Å². The van der Waals surface area contributed by atoms with Gasteiger partial charge in [0.05, 0.1) is 0 Å². The standard InChI is InChI=1S/C19H30N2O2/c1-19(2,3)23-18(22)20-16-10-12-17(13-11-16)21(4)14-15-8-6-5-7-9-15/h5-9,16-17H,10-14H2,1-4H3,(H,20,22). The lowest BCUT2D eigenvalue weighted by Gasteiger charge is -2.35. The summed E-state index contributed by atoms with van der Waals surface area (Å²) in [6.07, 6.45) is 3.97. The smallest absolute Gasteiger partial charge is 0.407 e. The molecule has 4 heteroatoms. The van der Waals surface area contributed by atoms with E-state index in [0.717, 1.165) is 32.2 Å². The molecular formula is C19H30N2O2. The summed E-state index contributed by atoms with van der Waals surface area (Å²) in [6, 6.07) is 11.4. The largest absolute Gasteiger partial charge is 0.444 e. The van der Waals surface area contributed by atoms with Gasteiger partial charge in [0, 0.05) is 18.6 Å². The van der Waals surface area contributed by atoms with Gasteiger partial charge in [-0.05, 0) is 59.1 Å². The van der Waals surface area contributed by atoms with Crippen LogP contribution in [0, 0.1) is 0 Å². The number of nitrogens with one attached hydrogen (secondary N) is 1. The van der Waals surface area contributed by atoms with Crippen LogP contribution in [0.4, 0.5) is 4.79 Å². The molecular weight excluding hydrogens is 288 g/mol. The van der Waals surface area contributed by atoms with Crippen molar-refractivity contribution in [3.8, 4) is 0 Å². The fourth-order valence-electron chi connectivity index (χ4n) is 3.14. The highest BCUT2D eigenvalue weighted by atomic mass is 16.6. The summed E-state index contributed by atoms with van der Waals surface area (Å²) in [5.41, 5.74) is 0.918. The van der Waals surface area contributed by atoms with Crippen molar-refractivity contribution in [1.82, 2.24) is 10.2 Å². The van der Waals surface area contributed by atoms with E-state index in [0.29, 0.717) is 6.04 Å². The molecule has 0 spiro atoms. The minimum absolute atomic E-state index is 0.242. The predicted molar refractivity (Wildman–Crippen MR) is 93.3 cm³/mol. The van der Waals surface area contributed by atoms with Crippen LogP contribution in [0.15, 0.2) is 30.3 Å². The molecule has 0 saturated heterocycles. The number of benzene rings is 1. The molecule has 1 aromatic carbocycles. The third-order valence-corrected chi connectivity index (χ3v) is 4.32. The van der Waals surface area contributed by atoms with Crippen molar-refractivity contribution in [3.63, 3.8) is 0 Å². The van der Waals surface area contributed by atoms with Crippen LogP contribution >= 0.6 is 0 Å². The molecule has 4 nitrogen and oxygen atoms in total. The Labute approximate surface area is 140 Å². The monoisotopic (exact) mass is 318 g/mol. The first kappa shape index (κ1) is 17.8. The van der Waals surface area contributed by atoms with Gasteiger partial charge in [0.2, 0.25) is 0 Å². The number of alkyl carbamates (subject to hydrolysis) is 1. The molecule has 0 atom stereocenters. The van der Waals surface area contributed by atoms with Gasteiger partial charge < -0.3 is 10.1 Å². The predicted octanol–water partition coefficient (Wildman–Crippen LogP) is 3.95. The lowest BCUT2D eigenvalue weighted by molar-refractivity contribution is 0.0480. The summed E-state index contributed by atoms with van der Waals surface area (Å²) in [5, 5.41) is 3.00. The summed E-state index contributed by atoms with van der Waals surface area (Å²) in [7, 11) is 2.19. The van der Waals surface area contributed by atoms with Gasteiger partial charge in [-0.15, -0.1) is 0 Å². The van der Waals surface area contributed by atoms with Crippen LogP contribution in [-0.2, 0) is 11.3 Å². The number of amides is 1. The first-order valence-electron chi connectivity index (χ1n) is 8.57. The lowest BCUT2D eigenvalue weighted by atomic mass is 9.90. The van der Waals surface area contributed by atoms with Crippen LogP contribution in [0.2, 0.25) is 0 Å². The maximum atomic E-state index is 11.8. The molecule has 1 amide bonds. The van der Waals surface area contributed by atoms with E-state index in [1.807, 2.05) is 20.8 Å². The first-order valence-corrected chi connectivity index (χ1v) is 8.57. The van der Waals surface area contributed by atoms with E-state index in [9.17, 15) is 4.79 Å². The summed E-state index contributed by atoms with van der Waals surface area (Å²) < 4.78 is 5.33. The number of carbonyl (C=O) groups is 1. The Hall–Kier alpha value is -1.55. The van der Waals surface area contributed by atoms with E-state index >= 15 is 0 Å². The van der Waals surface area contributed by atoms with Gasteiger partial charge in [-0.1, -0.05) is 30.3 Å². The van der Waals surface area contributed by atoms with Crippen molar-refractivity contribution in [2.24, 2.45) is 0 Å². The van der Waals surface area contributed by atoms with E-state index in [1.54, 1.807) is 0 Å². The van der Waals surface area contributed by atoms with Crippen molar-refractivity contribution in [2.45, 2.75) is 70.7 Å². The number of hydrogen-bond donors (Lipinski definition) is 1. The molecule has 23 heavy (non-hydrogen) atoms. The molecule has 0 radical (unpaired) electrons. The van der Waals surface area contributed by atoms with Crippen molar-refractivity contribution >= 4 is 6.09 Å². The summed E-state index contributed by atoms with van der Waals surface area (Å²) in [5.74, 6) is 0. The van der Waals surface area contributed by atoms with Crippen LogP contribution in [-0.4, -0.2) is 35.7 Å². The highest BCUT2D eigenvalue weighted by molar-refractivity contribution is 5.68. The number of hydrogen-bond acceptors (Lipinski definition) is 3. The highest BCUT2D eigenvalue weighted by Crippen LogP contribution is 2.24. The molecule has 128 valence electrons. The molecule has 1 aliphatic carbocycles. The molecule has 0 bridgehead atoms. The molecule has 1 saturated carbocycles. The Bertz CT molecular complexity index is 488. The van der Waals surface area contributed by atoms with Gasteiger partial charge >= 0.3 is 6.09 Å². The number of rotatable bonds is 4. The summed E-state index contributed by atoms with van der Waals surface area (Å²) in [6.45, 7) is 6.65. The zero-order valence-electron chi connectivity index (χ0n) is 14.8. The van der Waals surface area contributed by atoms with Gasteiger partial charge in [0.1, 0.15) is 5.60 Å². The van der Waals surface area contributed by atoms with E-state index in [1.165, 1.54) is 5.56 Å². The number of ether oxygens (including phenoxy) is 1. The molecule has 0 unspecified atom stereocenters. The highest BCUT2D eigenvalue weighted by Gasteiger charge is 2.26. The van der Waals surface area contributed by atoms with Gasteiger partial charge in [0.15, 0.2) is 0 Å². The molecule has 1 N–H and O–H groups in total. The maximum Gasteiger partial charge on any atom is 0.407 e. The Morgan fingerprint density at radius 1 is 1.17 bits per heavy atom. The average molecular weight is 318 g/mol. The maximum absolute atomic E-state index is 11.8. The quantitative estimate of drug-likeness (QED) is 0.914. The third kappa shape index (κ3) is 6.22. The van der Waals surface area contributed by atoms with Crippen LogP contribution in [0.25, 0.3) is 0 Å². The van der Waals surface area contributed by atoms with Crippen LogP contribution in [0.1, 0.15) is 52.0 Å². The fraction of sp³-hybridized carbons (Fsp3) is 0.632. The second-order valence-electron chi connectivity index (χ2n) is 7.55. The van der Waals surface area contributed by atoms with Crippen molar-refractivity contribution in [3.05, 3.63) is 35.9 Å². The average Bonchev–Trinajstić information content (AvgIpc) is 2.47. The van der Waals surface area contributed by atoms with Gasteiger partial charge in [-0.2, -0.15) is 0 Å². The third-order valence-electron chi connectivity index (χ3n) is 4.32. The molecule has 0 aromatic heterocycles. The van der Waals surface area contributed by atoms with Gasteiger partial charge in [0.25, 0.3) is 0 Å². The summed E-state index contributed by atoms with van der Waals surface area (Å²) in [4.78, 5) is 14.3. The minimum Gasteiger partial charge on any atom is -0.444 e. The second kappa shape index (κ2) is 7.82. The number of nitrogens with zero attached hydrogens (tertiary/aromatic N) is 1. The fourth-order valence-corrected chi connectivity index (χ4v) is 3.14. The SMILES string of the molecule is CN(Cc1ccccc1)C1CCC(NC(=O)OC(C)(C)C)CC1. The van der Waals surface area contributed by atoms with E-state index in [-0.39, 0.29) is 12.1 Å². The Morgan fingerprint density at radius 3 is 2.35 bits per heavy atom. The topological polar surface area (TPSA) is 41.6 Å². The number of carbonyl (C=O) groups excluding carboxylic acids is 1. The van der Waals surface area contributed by atoms with E-state index in [4.69, 9.17) is 4.74 Å². The Kier molecular flexibility index (Phi) is 6.05. The molecule has 1 fully saturated rings. The lowest BCUT2D eigenvalue weighted by Crippen LogP contribution is -2.44. The molecule has 0 heterocycles. The van der Waals surface area contributed by atoms with E-state index < -0.39 is 5.60 Å². The Balaban J connectivity index is 1.74. The Morgan fingerprint density at radius 2 is 1.78 bits per heavy atom. The minimum atomic E-state index is -0.433. The zero-order valence-corrected chi connectivity index (χ0v) is 14.8. The first-order chi connectivity index (χ1) is 10.8. The van der Waals surface area contributed by atoms with Gasteiger partial charge in [-0.3, -0.25) is 4.90 Å². The second-order valence-corrected chi connectivity index (χ2v) is 7.55. The van der Waals surface area contributed by atoms with Crippen molar-refractivity contribution in [1.29, 1.82) is 0 Å². The molecule has 1 aromatic rings. The van der Waals surface area contributed by atoms with Crippen LogP contribution in [0.5, 0.6) is 0 Å². The van der Waals surface area contributed by atoms with Crippen LogP contribution < -0.4 is 5.32 Å². The van der Waals surface area contributed by atoms with Crippen LogP contribution in [0.3, 0.4) is 0 Å². The molecule has 0 aliphatic heterocycles. The zero-order chi connectivity index (χ0) is 16.9. The molecule has 1 aliphatic rings. The summed E-state index contributed by atoms with van der Waals surface area (Å²) >= 11 is 0. The van der Waals surface area contributed by atoms with Crippen molar-refractivity contribution < 1.29 is 9.53 Å².